The highest BCUT2D eigenvalue weighted by molar-refractivity contribution is 9.10. The minimum absolute atomic E-state index is 0.0201. The van der Waals surface area contributed by atoms with E-state index in [1.54, 1.807) is 12.3 Å². The molecule has 20 heavy (non-hydrogen) atoms. The normalized spacial score (nSPS) is 14.3. The van der Waals surface area contributed by atoms with E-state index in [1.165, 1.54) is 0 Å². The van der Waals surface area contributed by atoms with Crippen LogP contribution in [0.15, 0.2) is 50.4 Å². The minimum Gasteiger partial charge on any atom is -0.467 e. The van der Waals surface area contributed by atoms with Gasteiger partial charge in [0.05, 0.1) is 18.4 Å². The molecule has 1 aromatic carbocycles. The van der Waals surface area contributed by atoms with Gasteiger partial charge in [-0.25, -0.2) is 0 Å². The van der Waals surface area contributed by atoms with Gasteiger partial charge in [-0.05, 0) is 59.1 Å². The summed E-state index contributed by atoms with van der Waals surface area (Å²) in [6, 6.07) is 9.57. The molecule has 0 aliphatic heterocycles. The molecule has 1 saturated carbocycles. The summed E-state index contributed by atoms with van der Waals surface area (Å²) in [7, 11) is 0. The lowest BCUT2D eigenvalue weighted by Crippen LogP contribution is -2.32. The van der Waals surface area contributed by atoms with Gasteiger partial charge >= 0.3 is 0 Å². The van der Waals surface area contributed by atoms with Crippen LogP contribution in [0.2, 0.25) is 0 Å². The predicted octanol–water partition coefficient (Wildman–Crippen LogP) is 4.14. The largest absolute Gasteiger partial charge is 0.467 e. The Balaban J connectivity index is 1.87. The highest BCUT2D eigenvalue weighted by atomic mass is 79.9. The van der Waals surface area contributed by atoms with Crippen LogP contribution in [-0.4, -0.2) is 16.8 Å². The van der Waals surface area contributed by atoms with E-state index in [2.05, 4.69) is 28.6 Å². The third-order valence-corrected chi connectivity index (χ3v) is 4.30. The predicted molar refractivity (Wildman–Crippen MR) is 83.0 cm³/mol. The lowest BCUT2D eigenvalue weighted by atomic mass is 10.2. The smallest absolute Gasteiger partial charge is 0.255 e. The molecule has 0 radical (unpaired) electrons. The van der Waals surface area contributed by atoms with Gasteiger partial charge in [0.1, 0.15) is 5.76 Å². The van der Waals surface area contributed by atoms with Crippen molar-refractivity contribution in [1.82, 2.24) is 4.90 Å². The van der Waals surface area contributed by atoms with E-state index in [0.717, 1.165) is 28.0 Å². The Morgan fingerprint density at radius 1 is 1.40 bits per heavy atom. The zero-order valence-electron chi connectivity index (χ0n) is 10.8. The molecule has 0 atom stereocenters. The molecule has 5 heteroatoms. The topological polar surface area (TPSA) is 33.5 Å². The van der Waals surface area contributed by atoms with Gasteiger partial charge < -0.3 is 9.32 Å². The maximum atomic E-state index is 12.7. The molecule has 0 unspecified atom stereocenters. The van der Waals surface area contributed by atoms with Crippen LogP contribution in [0.1, 0.15) is 29.0 Å². The summed E-state index contributed by atoms with van der Waals surface area (Å²) in [5.74, 6) is 0.829. The van der Waals surface area contributed by atoms with E-state index in [9.17, 15) is 4.79 Å². The summed E-state index contributed by atoms with van der Waals surface area (Å²) < 4.78 is 6.16. The van der Waals surface area contributed by atoms with E-state index >= 15 is 0 Å². The third-order valence-electron chi connectivity index (χ3n) is 3.34. The van der Waals surface area contributed by atoms with Gasteiger partial charge in [-0.2, -0.15) is 0 Å². The Morgan fingerprint density at radius 2 is 2.20 bits per heavy atom. The summed E-state index contributed by atoms with van der Waals surface area (Å²) in [4.78, 5) is 15.4. The quantitative estimate of drug-likeness (QED) is 0.840. The molecule has 1 heterocycles. The standard InChI is InChI=1S/C15H14BrNO2S/c16-14-6-5-12(20)8-13(14)15(18)17(10-3-4-10)9-11-2-1-7-19-11/h1-2,5-8,10,20H,3-4,9H2. The van der Waals surface area contributed by atoms with Crippen molar-refractivity contribution < 1.29 is 9.21 Å². The first-order valence-corrected chi connectivity index (χ1v) is 7.71. The Kier molecular flexibility index (Phi) is 3.89. The van der Waals surface area contributed by atoms with Crippen LogP contribution in [0.25, 0.3) is 0 Å². The van der Waals surface area contributed by atoms with Crippen molar-refractivity contribution in [1.29, 1.82) is 0 Å². The second-order valence-electron chi connectivity index (χ2n) is 4.91. The Labute approximate surface area is 131 Å². The average Bonchev–Trinajstić information content (AvgIpc) is 3.15. The molecule has 1 amide bonds. The number of hydrogen-bond acceptors (Lipinski definition) is 3. The monoisotopic (exact) mass is 351 g/mol. The molecule has 0 spiro atoms. The van der Waals surface area contributed by atoms with Crippen molar-refractivity contribution in [3.05, 3.63) is 52.4 Å². The highest BCUT2D eigenvalue weighted by Gasteiger charge is 2.34. The summed E-state index contributed by atoms with van der Waals surface area (Å²) >= 11 is 7.75. The van der Waals surface area contributed by atoms with Crippen molar-refractivity contribution >= 4 is 34.5 Å². The van der Waals surface area contributed by atoms with E-state index in [4.69, 9.17) is 4.42 Å². The number of furan rings is 1. The molecule has 3 rings (SSSR count). The van der Waals surface area contributed by atoms with E-state index < -0.39 is 0 Å². The number of carbonyl (C=O) groups is 1. The molecule has 1 aliphatic rings. The van der Waals surface area contributed by atoms with Gasteiger partial charge in [0.2, 0.25) is 0 Å². The van der Waals surface area contributed by atoms with Crippen molar-refractivity contribution in [3.8, 4) is 0 Å². The molecular formula is C15H14BrNO2S. The zero-order chi connectivity index (χ0) is 14.1. The van der Waals surface area contributed by atoms with Crippen LogP contribution >= 0.6 is 28.6 Å². The maximum absolute atomic E-state index is 12.7. The molecule has 3 nitrogen and oxygen atoms in total. The van der Waals surface area contributed by atoms with Crippen molar-refractivity contribution in [2.24, 2.45) is 0 Å². The van der Waals surface area contributed by atoms with Gasteiger partial charge in [-0.1, -0.05) is 0 Å². The first kappa shape index (κ1) is 13.8. The van der Waals surface area contributed by atoms with Gasteiger partial charge in [0.15, 0.2) is 0 Å². The number of amides is 1. The Morgan fingerprint density at radius 3 is 2.85 bits per heavy atom. The van der Waals surface area contributed by atoms with Crippen LogP contribution in [0.5, 0.6) is 0 Å². The minimum atomic E-state index is 0.0201. The third kappa shape index (κ3) is 2.94. The molecule has 0 N–H and O–H groups in total. The molecule has 1 aliphatic carbocycles. The van der Waals surface area contributed by atoms with Crippen LogP contribution in [0.4, 0.5) is 0 Å². The van der Waals surface area contributed by atoms with E-state index in [0.29, 0.717) is 18.2 Å². The fourth-order valence-electron chi connectivity index (χ4n) is 2.16. The van der Waals surface area contributed by atoms with Crippen LogP contribution < -0.4 is 0 Å². The molecule has 104 valence electrons. The van der Waals surface area contributed by atoms with Gasteiger partial charge in [-0.3, -0.25) is 4.79 Å². The molecule has 0 bridgehead atoms. The molecule has 1 aromatic heterocycles. The fraction of sp³-hybridized carbons (Fsp3) is 0.267. The molecular weight excluding hydrogens is 338 g/mol. The number of nitrogens with zero attached hydrogens (tertiary/aromatic N) is 1. The molecule has 2 aromatic rings. The number of carbonyl (C=O) groups excluding carboxylic acids is 1. The summed E-state index contributed by atoms with van der Waals surface area (Å²) in [5, 5.41) is 0. The Hall–Kier alpha value is -1.20. The molecule has 0 saturated heterocycles. The summed E-state index contributed by atoms with van der Waals surface area (Å²) in [6.45, 7) is 0.514. The van der Waals surface area contributed by atoms with Crippen LogP contribution in [0, 0.1) is 0 Å². The number of rotatable bonds is 4. The molecule has 1 fully saturated rings. The van der Waals surface area contributed by atoms with Crippen molar-refractivity contribution in [3.63, 3.8) is 0 Å². The van der Waals surface area contributed by atoms with Crippen molar-refractivity contribution in [2.45, 2.75) is 30.3 Å². The van der Waals surface area contributed by atoms with Crippen LogP contribution in [-0.2, 0) is 6.54 Å². The number of benzene rings is 1. The zero-order valence-corrected chi connectivity index (χ0v) is 13.2. The average molecular weight is 352 g/mol. The number of thiol groups is 1. The lowest BCUT2D eigenvalue weighted by Gasteiger charge is -2.22. The van der Waals surface area contributed by atoms with Gasteiger partial charge in [-0.15, -0.1) is 12.6 Å². The highest BCUT2D eigenvalue weighted by Crippen LogP contribution is 2.31. The first-order chi connectivity index (χ1) is 9.65. The van der Waals surface area contributed by atoms with Gasteiger partial charge in [0, 0.05) is 15.4 Å². The maximum Gasteiger partial charge on any atom is 0.255 e. The van der Waals surface area contributed by atoms with E-state index in [1.807, 2.05) is 29.2 Å². The van der Waals surface area contributed by atoms with Crippen molar-refractivity contribution in [2.75, 3.05) is 0 Å². The Bertz CT molecular complexity index is 623. The van der Waals surface area contributed by atoms with E-state index in [-0.39, 0.29) is 5.91 Å². The summed E-state index contributed by atoms with van der Waals surface area (Å²) in [6.07, 6.45) is 3.75. The fourth-order valence-corrected chi connectivity index (χ4v) is 2.78. The number of hydrogen-bond donors (Lipinski definition) is 1. The second kappa shape index (κ2) is 5.66. The summed E-state index contributed by atoms with van der Waals surface area (Å²) in [5.41, 5.74) is 0.649. The van der Waals surface area contributed by atoms with Crippen LogP contribution in [0.3, 0.4) is 0 Å². The first-order valence-electron chi connectivity index (χ1n) is 6.47. The van der Waals surface area contributed by atoms with Gasteiger partial charge in [0.25, 0.3) is 5.91 Å². The second-order valence-corrected chi connectivity index (χ2v) is 6.28. The number of halogens is 1. The SMILES string of the molecule is O=C(c1cc(S)ccc1Br)N(Cc1ccco1)C1CC1. The lowest BCUT2D eigenvalue weighted by molar-refractivity contribution is 0.0716.